The van der Waals surface area contributed by atoms with Gasteiger partial charge in [-0.05, 0) is 50.7 Å². The molecule has 2 aromatic rings. The van der Waals surface area contributed by atoms with Crippen molar-refractivity contribution in [2.45, 2.75) is 26.4 Å². The molecule has 6 heteroatoms. The lowest BCUT2D eigenvalue weighted by Crippen LogP contribution is -2.46. The Morgan fingerprint density at radius 1 is 1.11 bits per heavy atom. The molecule has 1 N–H and O–H groups in total. The zero-order chi connectivity index (χ0) is 20.0. The second kappa shape index (κ2) is 9.28. The van der Waals surface area contributed by atoms with Crippen molar-refractivity contribution < 1.29 is 14.0 Å². The first kappa shape index (κ1) is 20.6. The predicted octanol–water partition coefficient (Wildman–Crippen LogP) is 3.05. The highest BCUT2D eigenvalue weighted by Gasteiger charge is 2.23. The molecule has 2 amide bonds. The Hall–Kier alpha value is -2.73. The number of rotatable bonds is 7. The molecule has 0 aromatic heterocycles. The normalized spacial score (nSPS) is 11.9. The van der Waals surface area contributed by atoms with Crippen LogP contribution in [0.3, 0.4) is 0 Å². The predicted molar refractivity (Wildman–Crippen MR) is 105 cm³/mol. The summed E-state index contributed by atoms with van der Waals surface area (Å²) in [4.78, 5) is 28.0. The first-order chi connectivity index (χ1) is 12.8. The smallest absolute Gasteiger partial charge is 0.243 e. The Morgan fingerprint density at radius 3 is 2.41 bits per heavy atom. The van der Waals surface area contributed by atoms with Gasteiger partial charge in [0.15, 0.2) is 0 Å². The van der Waals surface area contributed by atoms with Gasteiger partial charge in [-0.25, -0.2) is 4.39 Å². The summed E-state index contributed by atoms with van der Waals surface area (Å²) in [5, 5.41) is 2.78. The number of nitrogens with zero attached hydrogens (tertiary/aromatic N) is 2. The van der Waals surface area contributed by atoms with Crippen molar-refractivity contribution in [3.05, 3.63) is 65.5 Å². The van der Waals surface area contributed by atoms with Gasteiger partial charge in [0, 0.05) is 19.3 Å². The molecule has 0 aliphatic carbocycles. The maximum atomic E-state index is 13.3. The lowest BCUT2D eigenvalue weighted by molar-refractivity contribution is -0.137. The molecular weight excluding hydrogens is 345 g/mol. The number of carbonyl (C=O) groups is 2. The number of aryl methyl sites for hydroxylation is 1. The van der Waals surface area contributed by atoms with Gasteiger partial charge in [0.25, 0.3) is 0 Å². The van der Waals surface area contributed by atoms with Crippen molar-refractivity contribution in [1.29, 1.82) is 0 Å². The van der Waals surface area contributed by atoms with Crippen LogP contribution in [-0.2, 0) is 16.1 Å². The van der Waals surface area contributed by atoms with E-state index >= 15 is 0 Å². The number of likely N-dealkylation sites (N-methyl/N-ethyl adjacent to an activating group) is 2. The van der Waals surface area contributed by atoms with E-state index in [0.717, 1.165) is 11.1 Å². The standard InChI is InChI=1S/C21H26FN3O2/c1-15-8-10-19(11-9-15)23-20(26)14-25(4)21(27)16(2)24(3)13-17-6-5-7-18(22)12-17/h5-12,16H,13-14H2,1-4H3,(H,23,26)/t16-/m1/s1. The Balaban J connectivity index is 1.88. The molecule has 2 rings (SSSR count). The van der Waals surface area contributed by atoms with Gasteiger partial charge in [0.05, 0.1) is 12.6 Å². The number of anilines is 1. The fourth-order valence-electron chi connectivity index (χ4n) is 2.70. The van der Waals surface area contributed by atoms with Crippen LogP contribution in [-0.4, -0.2) is 48.3 Å². The van der Waals surface area contributed by atoms with Gasteiger partial charge in [-0.2, -0.15) is 0 Å². The van der Waals surface area contributed by atoms with E-state index in [1.165, 1.54) is 17.0 Å². The van der Waals surface area contributed by atoms with Gasteiger partial charge in [-0.3, -0.25) is 14.5 Å². The highest BCUT2D eigenvalue weighted by atomic mass is 19.1. The van der Waals surface area contributed by atoms with Crippen molar-refractivity contribution in [2.75, 3.05) is 26.0 Å². The minimum Gasteiger partial charge on any atom is -0.335 e. The highest BCUT2D eigenvalue weighted by Crippen LogP contribution is 2.11. The van der Waals surface area contributed by atoms with Crippen molar-refractivity contribution in [2.24, 2.45) is 0 Å². The summed E-state index contributed by atoms with van der Waals surface area (Å²) in [6.45, 7) is 4.15. The molecule has 0 saturated heterocycles. The van der Waals surface area contributed by atoms with Crippen LogP contribution in [0.25, 0.3) is 0 Å². The highest BCUT2D eigenvalue weighted by molar-refractivity contribution is 5.95. The van der Waals surface area contributed by atoms with E-state index in [-0.39, 0.29) is 24.2 Å². The molecule has 2 aromatic carbocycles. The third-order valence-corrected chi connectivity index (χ3v) is 4.43. The first-order valence-corrected chi connectivity index (χ1v) is 8.82. The Morgan fingerprint density at radius 2 is 1.78 bits per heavy atom. The fourth-order valence-corrected chi connectivity index (χ4v) is 2.70. The molecule has 0 saturated carbocycles. The maximum absolute atomic E-state index is 13.3. The summed E-state index contributed by atoms with van der Waals surface area (Å²) >= 11 is 0. The zero-order valence-electron chi connectivity index (χ0n) is 16.2. The van der Waals surface area contributed by atoms with Gasteiger partial charge in [0.2, 0.25) is 11.8 Å². The third kappa shape index (κ3) is 6.18. The molecule has 0 heterocycles. The van der Waals surface area contributed by atoms with Crippen molar-refractivity contribution >= 4 is 17.5 Å². The molecule has 0 bridgehead atoms. The number of amides is 2. The van der Waals surface area contributed by atoms with Gasteiger partial charge < -0.3 is 10.2 Å². The van der Waals surface area contributed by atoms with Gasteiger partial charge in [-0.1, -0.05) is 29.8 Å². The Kier molecular flexibility index (Phi) is 7.07. The molecule has 0 unspecified atom stereocenters. The van der Waals surface area contributed by atoms with Crippen molar-refractivity contribution in [1.82, 2.24) is 9.80 Å². The summed E-state index contributed by atoms with van der Waals surface area (Å²) in [7, 11) is 3.40. The van der Waals surface area contributed by atoms with Crippen LogP contribution < -0.4 is 5.32 Å². The largest absolute Gasteiger partial charge is 0.335 e. The van der Waals surface area contributed by atoms with Gasteiger partial charge in [0.1, 0.15) is 5.82 Å². The lowest BCUT2D eigenvalue weighted by Gasteiger charge is -2.28. The topological polar surface area (TPSA) is 52.7 Å². The monoisotopic (exact) mass is 371 g/mol. The summed E-state index contributed by atoms with van der Waals surface area (Å²) in [6, 6.07) is 13.3. The van der Waals surface area contributed by atoms with Crippen molar-refractivity contribution in [3.8, 4) is 0 Å². The van der Waals surface area contributed by atoms with Gasteiger partial charge in [-0.15, -0.1) is 0 Å². The number of nitrogens with one attached hydrogen (secondary N) is 1. The van der Waals surface area contributed by atoms with E-state index in [4.69, 9.17) is 0 Å². The van der Waals surface area contributed by atoms with Crippen molar-refractivity contribution in [3.63, 3.8) is 0 Å². The Labute approximate surface area is 159 Å². The Bertz CT molecular complexity index is 792. The molecule has 0 fully saturated rings. The van der Waals surface area contributed by atoms with E-state index in [1.807, 2.05) is 42.2 Å². The van der Waals surface area contributed by atoms with E-state index in [0.29, 0.717) is 12.2 Å². The summed E-state index contributed by atoms with van der Waals surface area (Å²) in [6.07, 6.45) is 0. The van der Waals surface area contributed by atoms with Crippen LogP contribution >= 0.6 is 0 Å². The molecule has 0 spiro atoms. The summed E-state index contributed by atoms with van der Waals surface area (Å²) < 4.78 is 13.3. The van der Waals surface area contributed by atoms with Crippen LogP contribution in [0.2, 0.25) is 0 Å². The molecular formula is C21H26FN3O2. The summed E-state index contributed by atoms with van der Waals surface area (Å²) in [5.74, 6) is -0.729. The van der Waals surface area contributed by atoms with E-state index in [2.05, 4.69) is 5.32 Å². The molecule has 0 aliphatic heterocycles. The lowest BCUT2D eigenvalue weighted by atomic mass is 10.1. The molecule has 0 aliphatic rings. The van der Waals surface area contributed by atoms with E-state index in [9.17, 15) is 14.0 Å². The van der Waals surface area contributed by atoms with E-state index < -0.39 is 6.04 Å². The number of carbonyl (C=O) groups excluding carboxylic acids is 2. The van der Waals surface area contributed by atoms with Crippen LogP contribution in [0.15, 0.2) is 48.5 Å². The first-order valence-electron chi connectivity index (χ1n) is 8.82. The third-order valence-electron chi connectivity index (χ3n) is 4.43. The second-order valence-corrected chi connectivity index (χ2v) is 6.83. The maximum Gasteiger partial charge on any atom is 0.243 e. The fraction of sp³-hybridized carbons (Fsp3) is 0.333. The number of hydrogen-bond acceptors (Lipinski definition) is 3. The number of hydrogen-bond donors (Lipinski definition) is 1. The second-order valence-electron chi connectivity index (χ2n) is 6.83. The zero-order valence-corrected chi connectivity index (χ0v) is 16.2. The molecule has 144 valence electrons. The average Bonchev–Trinajstić information content (AvgIpc) is 2.62. The summed E-state index contributed by atoms with van der Waals surface area (Å²) in [5.41, 5.74) is 2.59. The quantitative estimate of drug-likeness (QED) is 0.814. The molecule has 5 nitrogen and oxygen atoms in total. The minimum atomic E-state index is -0.439. The van der Waals surface area contributed by atoms with Crippen LogP contribution in [0.5, 0.6) is 0 Å². The molecule has 0 radical (unpaired) electrons. The average molecular weight is 371 g/mol. The molecule has 27 heavy (non-hydrogen) atoms. The van der Waals surface area contributed by atoms with Gasteiger partial charge >= 0.3 is 0 Å². The molecule has 1 atom stereocenters. The van der Waals surface area contributed by atoms with Crippen LogP contribution in [0, 0.1) is 12.7 Å². The van der Waals surface area contributed by atoms with Crippen LogP contribution in [0.4, 0.5) is 10.1 Å². The van der Waals surface area contributed by atoms with Crippen LogP contribution in [0.1, 0.15) is 18.1 Å². The minimum absolute atomic E-state index is 0.0369. The number of halogens is 1. The SMILES string of the molecule is Cc1ccc(NC(=O)CN(C)C(=O)[C@@H](C)N(C)Cc2cccc(F)c2)cc1. The number of benzene rings is 2. The van der Waals surface area contributed by atoms with E-state index in [1.54, 1.807) is 27.1 Å².